The molecule has 2 aromatic rings. The Labute approximate surface area is 126 Å². The summed E-state index contributed by atoms with van der Waals surface area (Å²) in [6.45, 7) is 3.53. The minimum Gasteiger partial charge on any atom is -0.387 e. The second kappa shape index (κ2) is 6.69. The van der Waals surface area contributed by atoms with Gasteiger partial charge in [-0.1, -0.05) is 6.07 Å². The average molecular weight is 306 g/mol. The normalized spacial score (nSPS) is 13.7. The highest BCUT2D eigenvalue weighted by atomic mass is 32.1. The smallest absolute Gasteiger partial charge is 0.253 e. The van der Waals surface area contributed by atoms with Crippen LogP contribution in [-0.4, -0.2) is 22.0 Å². The molecule has 2 aromatic heterocycles. The number of amides is 1. The number of aromatic amines is 1. The lowest BCUT2D eigenvalue weighted by atomic mass is 10.1. The number of thiophene rings is 1. The van der Waals surface area contributed by atoms with E-state index in [0.29, 0.717) is 17.7 Å². The zero-order valence-corrected chi connectivity index (χ0v) is 12.7. The number of carbonyl (C=O) groups excluding carboxylic acids is 1. The maximum absolute atomic E-state index is 12.1. The summed E-state index contributed by atoms with van der Waals surface area (Å²) in [5, 5.41) is 14.8. The summed E-state index contributed by atoms with van der Waals surface area (Å²) in [5.41, 5.74) is 0.739. The number of nitrogens with one attached hydrogen (secondary N) is 2. The van der Waals surface area contributed by atoms with Gasteiger partial charge in [-0.25, -0.2) is 0 Å². The standard InChI is InChI=1S/C15H18N2O3S/c1-9(8-12(18)13-4-3-7-21-13)16-15(20)11-5-6-14(19)17-10(11)2/h3-7,9,12,18H,8H2,1-2H3,(H,16,20)(H,17,19)/t9-,12+/m1/s1. The van der Waals surface area contributed by atoms with Gasteiger partial charge in [0.1, 0.15) is 0 Å². The quantitative estimate of drug-likeness (QED) is 0.790. The van der Waals surface area contributed by atoms with Crippen molar-refractivity contribution in [3.63, 3.8) is 0 Å². The molecule has 0 aliphatic rings. The molecule has 0 saturated heterocycles. The monoisotopic (exact) mass is 306 g/mol. The lowest BCUT2D eigenvalue weighted by Crippen LogP contribution is -2.34. The van der Waals surface area contributed by atoms with Gasteiger partial charge < -0.3 is 15.4 Å². The molecule has 5 nitrogen and oxygen atoms in total. The Morgan fingerprint density at radius 1 is 1.43 bits per heavy atom. The number of H-pyrrole nitrogens is 1. The Morgan fingerprint density at radius 3 is 2.81 bits per heavy atom. The van der Waals surface area contributed by atoms with Crippen LogP contribution in [0, 0.1) is 6.92 Å². The highest BCUT2D eigenvalue weighted by molar-refractivity contribution is 7.10. The fraction of sp³-hybridized carbons (Fsp3) is 0.333. The van der Waals surface area contributed by atoms with Gasteiger partial charge in [-0.3, -0.25) is 9.59 Å². The molecule has 2 rings (SSSR count). The first-order valence-electron chi connectivity index (χ1n) is 6.69. The fourth-order valence-electron chi connectivity index (χ4n) is 2.12. The molecular weight excluding hydrogens is 288 g/mol. The van der Waals surface area contributed by atoms with E-state index >= 15 is 0 Å². The molecule has 0 fully saturated rings. The minimum absolute atomic E-state index is 0.180. The summed E-state index contributed by atoms with van der Waals surface area (Å²) < 4.78 is 0. The summed E-state index contributed by atoms with van der Waals surface area (Å²) in [6, 6.07) is 6.41. The van der Waals surface area contributed by atoms with Gasteiger partial charge in [0.15, 0.2) is 0 Å². The van der Waals surface area contributed by atoms with Gasteiger partial charge in [0.05, 0.1) is 11.7 Å². The number of pyridine rings is 1. The first-order valence-corrected chi connectivity index (χ1v) is 7.57. The van der Waals surface area contributed by atoms with E-state index in [1.807, 2.05) is 24.4 Å². The molecule has 0 unspecified atom stereocenters. The van der Waals surface area contributed by atoms with Crippen molar-refractivity contribution in [1.29, 1.82) is 0 Å². The second-order valence-corrected chi connectivity index (χ2v) is 5.98. The Hall–Kier alpha value is -1.92. The molecule has 2 atom stereocenters. The van der Waals surface area contributed by atoms with Crippen molar-refractivity contribution in [3.8, 4) is 0 Å². The van der Waals surface area contributed by atoms with Crippen molar-refractivity contribution in [2.24, 2.45) is 0 Å². The van der Waals surface area contributed by atoms with Crippen molar-refractivity contribution in [3.05, 3.63) is 56.1 Å². The third-order valence-electron chi connectivity index (χ3n) is 3.19. The summed E-state index contributed by atoms with van der Waals surface area (Å²) in [4.78, 5) is 26.8. The molecular formula is C15H18N2O3S. The molecule has 0 aromatic carbocycles. The highest BCUT2D eigenvalue weighted by Crippen LogP contribution is 2.22. The van der Waals surface area contributed by atoms with Crippen LogP contribution in [0.25, 0.3) is 0 Å². The lowest BCUT2D eigenvalue weighted by molar-refractivity contribution is 0.0917. The van der Waals surface area contributed by atoms with E-state index in [4.69, 9.17) is 0 Å². The Bertz CT molecular complexity index is 664. The third-order valence-corrected chi connectivity index (χ3v) is 4.16. The first-order chi connectivity index (χ1) is 9.97. The molecule has 6 heteroatoms. The van der Waals surface area contributed by atoms with Crippen molar-refractivity contribution in [2.45, 2.75) is 32.4 Å². The number of hydrogen-bond donors (Lipinski definition) is 3. The van der Waals surface area contributed by atoms with Gasteiger partial charge in [0, 0.05) is 22.7 Å². The maximum atomic E-state index is 12.1. The third kappa shape index (κ3) is 4.03. The second-order valence-electron chi connectivity index (χ2n) is 5.00. The van der Waals surface area contributed by atoms with E-state index in [1.165, 1.54) is 23.5 Å². The van der Waals surface area contributed by atoms with E-state index in [-0.39, 0.29) is 17.5 Å². The topological polar surface area (TPSA) is 82.2 Å². The van der Waals surface area contributed by atoms with Crippen LogP contribution in [0.3, 0.4) is 0 Å². The Balaban J connectivity index is 1.97. The fourth-order valence-corrected chi connectivity index (χ4v) is 2.84. The van der Waals surface area contributed by atoms with Gasteiger partial charge >= 0.3 is 0 Å². The predicted molar refractivity (Wildman–Crippen MR) is 82.6 cm³/mol. The molecule has 0 aliphatic heterocycles. The number of aliphatic hydroxyl groups excluding tert-OH is 1. The molecule has 0 spiro atoms. The van der Waals surface area contributed by atoms with Crippen molar-refractivity contribution >= 4 is 17.2 Å². The van der Waals surface area contributed by atoms with Gasteiger partial charge in [-0.05, 0) is 37.8 Å². The van der Waals surface area contributed by atoms with Gasteiger partial charge in [-0.15, -0.1) is 11.3 Å². The maximum Gasteiger partial charge on any atom is 0.253 e. The number of rotatable bonds is 5. The molecule has 0 saturated carbocycles. The molecule has 1 amide bonds. The number of hydrogen-bond acceptors (Lipinski definition) is 4. The van der Waals surface area contributed by atoms with Crippen molar-refractivity contribution < 1.29 is 9.90 Å². The van der Waals surface area contributed by atoms with Crippen LogP contribution in [0.2, 0.25) is 0 Å². The van der Waals surface area contributed by atoms with Gasteiger partial charge in [0.25, 0.3) is 5.91 Å². The number of carbonyl (C=O) groups is 1. The molecule has 0 radical (unpaired) electrons. The van der Waals surface area contributed by atoms with Crippen LogP contribution in [0.1, 0.15) is 40.4 Å². The van der Waals surface area contributed by atoms with Crippen LogP contribution in [0.5, 0.6) is 0 Å². The number of aryl methyl sites for hydroxylation is 1. The predicted octanol–water partition coefficient (Wildman–Crippen LogP) is 1.99. The van der Waals surface area contributed by atoms with Crippen LogP contribution in [-0.2, 0) is 0 Å². The largest absolute Gasteiger partial charge is 0.387 e. The summed E-state index contributed by atoms with van der Waals surface area (Å²) in [6.07, 6.45) is -0.147. The van der Waals surface area contributed by atoms with E-state index in [2.05, 4.69) is 10.3 Å². The molecule has 2 heterocycles. The minimum atomic E-state index is -0.586. The zero-order valence-electron chi connectivity index (χ0n) is 11.9. The summed E-state index contributed by atoms with van der Waals surface area (Å²) in [5.74, 6) is -0.255. The van der Waals surface area contributed by atoms with E-state index in [1.54, 1.807) is 6.92 Å². The Kier molecular flexibility index (Phi) is 4.93. The van der Waals surface area contributed by atoms with Crippen LogP contribution in [0.15, 0.2) is 34.4 Å². The summed E-state index contributed by atoms with van der Waals surface area (Å²) in [7, 11) is 0. The van der Waals surface area contributed by atoms with Gasteiger partial charge in [0.2, 0.25) is 5.56 Å². The zero-order chi connectivity index (χ0) is 15.4. The van der Waals surface area contributed by atoms with Crippen LogP contribution in [0.4, 0.5) is 0 Å². The van der Waals surface area contributed by atoms with E-state index in [9.17, 15) is 14.7 Å². The number of aliphatic hydroxyl groups is 1. The van der Waals surface area contributed by atoms with Crippen LogP contribution >= 0.6 is 11.3 Å². The molecule has 112 valence electrons. The highest BCUT2D eigenvalue weighted by Gasteiger charge is 2.17. The molecule has 0 bridgehead atoms. The van der Waals surface area contributed by atoms with Crippen molar-refractivity contribution in [2.75, 3.05) is 0 Å². The van der Waals surface area contributed by atoms with E-state index in [0.717, 1.165) is 4.88 Å². The van der Waals surface area contributed by atoms with E-state index < -0.39 is 6.10 Å². The van der Waals surface area contributed by atoms with Crippen molar-refractivity contribution in [1.82, 2.24) is 10.3 Å². The summed E-state index contributed by atoms with van der Waals surface area (Å²) >= 11 is 1.49. The molecule has 3 N–H and O–H groups in total. The molecule has 0 aliphatic carbocycles. The van der Waals surface area contributed by atoms with Crippen LogP contribution < -0.4 is 10.9 Å². The molecule has 21 heavy (non-hydrogen) atoms. The van der Waals surface area contributed by atoms with Gasteiger partial charge in [-0.2, -0.15) is 0 Å². The average Bonchev–Trinajstić information content (AvgIpc) is 2.91. The number of aromatic nitrogens is 1. The SMILES string of the molecule is Cc1[nH]c(=O)ccc1C(=O)N[C@H](C)C[C@H](O)c1cccs1. The first kappa shape index (κ1) is 15.5. The lowest BCUT2D eigenvalue weighted by Gasteiger charge is -2.17. The Morgan fingerprint density at radius 2 is 2.19 bits per heavy atom.